The van der Waals surface area contributed by atoms with Crippen molar-refractivity contribution in [3.05, 3.63) is 64.9 Å². The summed E-state index contributed by atoms with van der Waals surface area (Å²) >= 11 is 0. The minimum absolute atomic E-state index is 0.0427. The van der Waals surface area contributed by atoms with Gasteiger partial charge in [0.15, 0.2) is 0 Å². The third-order valence-electron chi connectivity index (χ3n) is 5.28. The molecule has 0 amide bonds. The van der Waals surface area contributed by atoms with Gasteiger partial charge in [-0.25, -0.2) is 4.98 Å². The quantitative estimate of drug-likeness (QED) is 0.810. The molecule has 2 aromatic rings. The maximum absolute atomic E-state index is 12.5. The van der Waals surface area contributed by atoms with Crippen LogP contribution in [0.1, 0.15) is 6.42 Å². The van der Waals surface area contributed by atoms with Gasteiger partial charge in [0.2, 0.25) is 5.95 Å². The van der Waals surface area contributed by atoms with Gasteiger partial charge in [0.1, 0.15) is 5.76 Å². The van der Waals surface area contributed by atoms with Gasteiger partial charge >= 0.3 is 0 Å². The summed E-state index contributed by atoms with van der Waals surface area (Å²) in [6.45, 7) is 1.99. The lowest BCUT2D eigenvalue weighted by Crippen LogP contribution is -2.47. The zero-order chi connectivity index (χ0) is 19.5. The zero-order valence-electron chi connectivity index (χ0n) is 16.1. The average Bonchev–Trinajstić information content (AvgIpc) is 2.76. The molecule has 1 aliphatic heterocycles. The Bertz CT molecular complexity index is 952. The maximum Gasteiger partial charge on any atom is 0.255 e. The molecule has 0 spiro atoms. The van der Waals surface area contributed by atoms with Gasteiger partial charge in [-0.15, -0.1) is 0 Å². The van der Waals surface area contributed by atoms with Gasteiger partial charge in [-0.3, -0.25) is 14.3 Å². The summed E-state index contributed by atoms with van der Waals surface area (Å²) in [5.74, 6) is 1.83. The van der Waals surface area contributed by atoms with E-state index in [1.165, 1.54) is 0 Å². The molecule has 7 heteroatoms. The molecule has 0 saturated carbocycles. The Hall–Kier alpha value is -2.93. The number of hydrogen-bond donors (Lipinski definition) is 0. The number of allylic oxidation sites excluding steroid dienone is 2. The van der Waals surface area contributed by atoms with Crippen LogP contribution in [0.4, 0.5) is 5.95 Å². The molecule has 28 heavy (non-hydrogen) atoms. The van der Waals surface area contributed by atoms with Crippen molar-refractivity contribution in [2.24, 2.45) is 13.0 Å². The van der Waals surface area contributed by atoms with Crippen molar-refractivity contribution in [2.75, 3.05) is 31.7 Å². The van der Waals surface area contributed by atoms with Gasteiger partial charge in [-0.2, -0.15) is 0 Å². The van der Waals surface area contributed by atoms with Crippen molar-refractivity contribution in [1.29, 1.82) is 0 Å². The molecule has 1 fully saturated rings. The van der Waals surface area contributed by atoms with E-state index in [-0.39, 0.29) is 17.6 Å². The van der Waals surface area contributed by atoms with Crippen molar-refractivity contribution in [2.45, 2.75) is 12.5 Å². The Morgan fingerprint density at radius 1 is 1.29 bits per heavy atom. The second kappa shape index (κ2) is 7.98. The van der Waals surface area contributed by atoms with E-state index in [1.54, 1.807) is 37.2 Å². The number of nitrogens with zero attached hydrogens (tertiary/aromatic N) is 4. The van der Waals surface area contributed by atoms with Crippen LogP contribution in [-0.4, -0.2) is 47.4 Å². The van der Waals surface area contributed by atoms with Gasteiger partial charge in [-0.1, -0.05) is 6.08 Å². The number of anilines is 1. The first kappa shape index (κ1) is 18.4. The van der Waals surface area contributed by atoms with Crippen LogP contribution in [0.25, 0.3) is 11.3 Å². The summed E-state index contributed by atoms with van der Waals surface area (Å²) in [6, 6.07) is 5.29. The molecule has 146 valence electrons. The first-order valence-electron chi connectivity index (χ1n) is 9.43. The third-order valence-corrected chi connectivity index (χ3v) is 5.28. The van der Waals surface area contributed by atoms with E-state index in [2.05, 4.69) is 22.0 Å². The average molecular weight is 380 g/mol. The SMILES string of the molecule is COC1=CCC([C@@H]2CN(c3nc(-c4ccncc4)cc(=O)n3C)CCO2)C=C1. The van der Waals surface area contributed by atoms with Crippen molar-refractivity contribution in [3.8, 4) is 11.3 Å². The standard InChI is InChI=1S/C21H24N4O3/c1-24-20(26)13-18(15-7-9-22-10-8-15)23-21(24)25-11-12-28-19(14-25)16-3-5-17(27-2)6-4-16/h3,5-10,13,16,19H,4,11-12,14H2,1-2H3/t16?,19-/m0/s1. The minimum atomic E-state index is -0.0786. The number of pyridine rings is 1. The summed E-state index contributed by atoms with van der Waals surface area (Å²) in [4.78, 5) is 23.5. The molecule has 2 aromatic heterocycles. The van der Waals surface area contributed by atoms with Crippen LogP contribution in [-0.2, 0) is 16.5 Å². The molecule has 1 aliphatic carbocycles. The van der Waals surface area contributed by atoms with Crippen LogP contribution >= 0.6 is 0 Å². The Morgan fingerprint density at radius 3 is 2.82 bits per heavy atom. The van der Waals surface area contributed by atoms with Crippen molar-refractivity contribution >= 4 is 5.95 Å². The normalized spacial score (nSPS) is 22.1. The number of ether oxygens (including phenoxy) is 2. The molecule has 0 bridgehead atoms. The van der Waals surface area contributed by atoms with Crippen molar-refractivity contribution < 1.29 is 9.47 Å². The Kier molecular flexibility index (Phi) is 5.25. The van der Waals surface area contributed by atoms with E-state index in [4.69, 9.17) is 14.5 Å². The van der Waals surface area contributed by atoms with Crippen LogP contribution in [0.15, 0.2) is 59.4 Å². The largest absolute Gasteiger partial charge is 0.497 e. The summed E-state index contributed by atoms with van der Waals surface area (Å²) in [5.41, 5.74) is 1.46. The van der Waals surface area contributed by atoms with Gasteiger partial charge in [0.05, 0.1) is 25.5 Å². The topological polar surface area (TPSA) is 69.5 Å². The maximum atomic E-state index is 12.5. The highest BCUT2D eigenvalue weighted by Gasteiger charge is 2.29. The Balaban J connectivity index is 1.58. The predicted octanol–water partition coefficient (Wildman–Crippen LogP) is 2.15. The number of rotatable bonds is 4. The summed E-state index contributed by atoms with van der Waals surface area (Å²) in [6.07, 6.45) is 10.6. The van der Waals surface area contributed by atoms with Crippen LogP contribution in [0.2, 0.25) is 0 Å². The number of methoxy groups -OCH3 is 1. The number of morpholine rings is 1. The molecular weight excluding hydrogens is 356 g/mol. The molecule has 1 unspecified atom stereocenters. The highest BCUT2D eigenvalue weighted by molar-refractivity contribution is 5.59. The van der Waals surface area contributed by atoms with E-state index in [9.17, 15) is 4.79 Å². The minimum Gasteiger partial charge on any atom is -0.497 e. The Labute approximate surface area is 163 Å². The summed E-state index contributed by atoms with van der Waals surface area (Å²) in [7, 11) is 3.44. The predicted molar refractivity (Wildman–Crippen MR) is 107 cm³/mol. The second-order valence-corrected chi connectivity index (χ2v) is 7.00. The lowest BCUT2D eigenvalue weighted by atomic mass is 9.93. The molecule has 0 N–H and O–H groups in total. The Morgan fingerprint density at radius 2 is 2.11 bits per heavy atom. The van der Waals surface area contributed by atoms with Gasteiger partial charge < -0.3 is 14.4 Å². The lowest BCUT2D eigenvalue weighted by Gasteiger charge is -2.37. The lowest BCUT2D eigenvalue weighted by molar-refractivity contribution is 0.0134. The van der Waals surface area contributed by atoms with Crippen molar-refractivity contribution in [3.63, 3.8) is 0 Å². The van der Waals surface area contributed by atoms with E-state index >= 15 is 0 Å². The fourth-order valence-electron chi connectivity index (χ4n) is 3.64. The van der Waals surface area contributed by atoms with Gasteiger partial charge in [0.25, 0.3) is 5.56 Å². The van der Waals surface area contributed by atoms with E-state index in [0.29, 0.717) is 31.3 Å². The van der Waals surface area contributed by atoms with Crippen LogP contribution in [0.3, 0.4) is 0 Å². The van der Waals surface area contributed by atoms with Crippen LogP contribution < -0.4 is 10.5 Å². The molecule has 0 aromatic carbocycles. The first-order valence-corrected chi connectivity index (χ1v) is 9.43. The molecule has 7 nitrogen and oxygen atoms in total. The van der Waals surface area contributed by atoms with Gasteiger partial charge in [0, 0.05) is 50.1 Å². The molecule has 0 radical (unpaired) electrons. The summed E-state index contributed by atoms with van der Waals surface area (Å²) in [5, 5.41) is 0. The van der Waals surface area contributed by atoms with Crippen LogP contribution in [0.5, 0.6) is 0 Å². The zero-order valence-corrected chi connectivity index (χ0v) is 16.1. The monoisotopic (exact) mass is 380 g/mol. The second-order valence-electron chi connectivity index (χ2n) is 7.00. The smallest absolute Gasteiger partial charge is 0.255 e. The molecule has 2 aliphatic rings. The number of aromatic nitrogens is 3. The van der Waals surface area contributed by atoms with Crippen LogP contribution in [0, 0.1) is 5.92 Å². The molecule has 3 heterocycles. The van der Waals surface area contributed by atoms with E-state index in [0.717, 1.165) is 17.7 Å². The van der Waals surface area contributed by atoms with Gasteiger partial charge in [-0.05, 0) is 30.7 Å². The highest BCUT2D eigenvalue weighted by Crippen LogP contribution is 2.26. The molecule has 4 rings (SSSR count). The molecule has 1 saturated heterocycles. The summed E-state index contributed by atoms with van der Waals surface area (Å²) < 4.78 is 12.9. The fraction of sp³-hybridized carbons (Fsp3) is 0.381. The highest BCUT2D eigenvalue weighted by atomic mass is 16.5. The number of hydrogen-bond acceptors (Lipinski definition) is 6. The fourth-order valence-corrected chi connectivity index (χ4v) is 3.64. The van der Waals surface area contributed by atoms with E-state index < -0.39 is 0 Å². The third kappa shape index (κ3) is 3.71. The molecule has 2 atom stereocenters. The molecular formula is C21H24N4O3. The van der Waals surface area contributed by atoms with Crippen molar-refractivity contribution in [1.82, 2.24) is 14.5 Å². The first-order chi connectivity index (χ1) is 13.7. The van der Waals surface area contributed by atoms with E-state index in [1.807, 2.05) is 18.2 Å².